The highest BCUT2D eigenvalue weighted by Gasteiger charge is 2.57. The van der Waals surface area contributed by atoms with E-state index in [0.717, 1.165) is 28.0 Å². The third kappa shape index (κ3) is 5.08. The average Bonchev–Trinajstić information content (AvgIpc) is 3.44. The highest BCUT2D eigenvalue weighted by molar-refractivity contribution is 8.00. The van der Waals surface area contributed by atoms with Gasteiger partial charge in [-0.3, -0.25) is 23.7 Å². The number of thioether (sulfide) groups is 1. The molecule has 13 heteroatoms. The van der Waals surface area contributed by atoms with Gasteiger partial charge in [0.25, 0.3) is 0 Å². The predicted octanol–water partition coefficient (Wildman–Crippen LogP) is 4.64. The number of fused-ring (bicyclic) bond motifs is 2. The summed E-state index contributed by atoms with van der Waals surface area (Å²) in [7, 11) is 2.97. The normalized spacial score (nSPS) is 19.2. The standard InChI is InChI=1S/C30H23F2N3O6S2/c1-40-20-12-3-15(13-21(20)41-2)23-24-25(28(38)35(27(24)37)19-10-6-17(32)7-11-19)42-29-26(23)43-30(39)34(29)14-22(36)33-18-8-4-16(31)5-9-18/h3-13,23-25H,14H2,1-2H3,(H,33,36)/t23-,24?,25?/m1/s1. The molecule has 0 radical (unpaired) electrons. The molecule has 3 heterocycles. The number of anilines is 2. The second-order valence-corrected chi connectivity index (χ2v) is 11.9. The highest BCUT2D eigenvalue weighted by atomic mass is 32.2. The van der Waals surface area contributed by atoms with Gasteiger partial charge in [-0.1, -0.05) is 29.2 Å². The maximum absolute atomic E-state index is 14.0. The molecule has 4 aromatic rings. The van der Waals surface area contributed by atoms with Crippen LogP contribution in [0.25, 0.3) is 0 Å². The van der Waals surface area contributed by atoms with Crippen LogP contribution in [-0.2, 0) is 20.9 Å². The van der Waals surface area contributed by atoms with Crippen LogP contribution in [0.4, 0.5) is 20.2 Å². The topological polar surface area (TPSA) is 107 Å². The molecular formula is C30H23F2N3O6S2. The summed E-state index contributed by atoms with van der Waals surface area (Å²) >= 11 is 1.95. The van der Waals surface area contributed by atoms with Gasteiger partial charge >= 0.3 is 4.87 Å². The molecule has 0 spiro atoms. The number of carbonyl (C=O) groups excluding carboxylic acids is 3. The van der Waals surface area contributed by atoms with Crippen LogP contribution < -0.4 is 24.6 Å². The number of imide groups is 1. The fraction of sp³-hybridized carbons (Fsp3) is 0.200. The number of carbonyl (C=O) groups is 3. The van der Waals surface area contributed by atoms with E-state index >= 15 is 0 Å². The molecule has 0 bridgehead atoms. The van der Waals surface area contributed by atoms with Gasteiger partial charge in [-0.05, 0) is 66.2 Å². The van der Waals surface area contributed by atoms with Gasteiger partial charge in [0.05, 0.1) is 30.9 Å². The fourth-order valence-corrected chi connectivity index (χ4v) is 8.16. The van der Waals surface area contributed by atoms with E-state index in [0.29, 0.717) is 32.7 Å². The molecule has 1 N–H and O–H groups in total. The van der Waals surface area contributed by atoms with E-state index < -0.39 is 51.3 Å². The van der Waals surface area contributed by atoms with E-state index in [1.807, 2.05) is 0 Å². The van der Waals surface area contributed by atoms with Gasteiger partial charge in [0.15, 0.2) is 11.5 Å². The summed E-state index contributed by atoms with van der Waals surface area (Å²) < 4.78 is 39.1. The summed E-state index contributed by atoms with van der Waals surface area (Å²) in [6.07, 6.45) is 0. The molecule has 2 unspecified atom stereocenters. The number of nitrogens with one attached hydrogen (secondary N) is 1. The Morgan fingerprint density at radius 1 is 0.884 bits per heavy atom. The number of hydrogen-bond donors (Lipinski definition) is 1. The van der Waals surface area contributed by atoms with Crippen molar-refractivity contribution in [2.45, 2.75) is 22.7 Å². The predicted molar refractivity (Wildman–Crippen MR) is 157 cm³/mol. The summed E-state index contributed by atoms with van der Waals surface area (Å²) in [5.41, 5.74) is 1.20. The maximum Gasteiger partial charge on any atom is 0.308 e. The molecular weight excluding hydrogens is 600 g/mol. The van der Waals surface area contributed by atoms with Crippen molar-refractivity contribution in [1.29, 1.82) is 0 Å². The van der Waals surface area contributed by atoms with Crippen LogP contribution in [0.15, 0.2) is 76.6 Å². The Morgan fingerprint density at radius 3 is 2.19 bits per heavy atom. The molecule has 1 saturated heterocycles. The van der Waals surface area contributed by atoms with Crippen LogP contribution in [0, 0.1) is 17.6 Å². The number of ether oxygens (including phenoxy) is 2. The lowest BCUT2D eigenvalue weighted by atomic mass is 9.83. The van der Waals surface area contributed by atoms with E-state index in [2.05, 4.69) is 5.32 Å². The molecule has 0 aliphatic carbocycles. The zero-order valence-corrected chi connectivity index (χ0v) is 24.3. The number of benzene rings is 3. The first-order valence-electron chi connectivity index (χ1n) is 13.0. The second-order valence-electron chi connectivity index (χ2n) is 9.82. The van der Waals surface area contributed by atoms with Crippen molar-refractivity contribution in [1.82, 2.24) is 4.57 Å². The lowest BCUT2D eigenvalue weighted by Crippen LogP contribution is -2.33. The molecule has 3 amide bonds. The number of rotatable bonds is 7. The molecule has 3 atom stereocenters. The molecule has 1 aromatic heterocycles. The number of hydrogen-bond acceptors (Lipinski definition) is 8. The van der Waals surface area contributed by atoms with Crippen molar-refractivity contribution < 1.29 is 32.6 Å². The summed E-state index contributed by atoms with van der Waals surface area (Å²) in [6.45, 7) is -0.366. The Morgan fingerprint density at radius 2 is 1.53 bits per heavy atom. The third-order valence-corrected chi connectivity index (χ3v) is 9.93. The molecule has 1 fully saturated rings. The van der Waals surface area contributed by atoms with Crippen molar-refractivity contribution >= 4 is 52.2 Å². The molecule has 9 nitrogen and oxygen atoms in total. The van der Waals surface area contributed by atoms with Crippen LogP contribution in [-0.4, -0.2) is 41.8 Å². The van der Waals surface area contributed by atoms with Gasteiger partial charge in [0.1, 0.15) is 23.4 Å². The van der Waals surface area contributed by atoms with Gasteiger partial charge in [-0.25, -0.2) is 13.7 Å². The van der Waals surface area contributed by atoms with Crippen molar-refractivity contribution in [3.8, 4) is 11.5 Å². The summed E-state index contributed by atoms with van der Waals surface area (Å²) in [6, 6.07) is 15.4. The Labute approximate surface area is 252 Å². The first kappa shape index (κ1) is 28.6. The number of methoxy groups -OCH3 is 2. The minimum absolute atomic E-state index is 0.233. The van der Waals surface area contributed by atoms with Gasteiger partial charge in [0, 0.05) is 16.5 Å². The fourth-order valence-electron chi connectivity index (χ4n) is 5.38. The first-order chi connectivity index (χ1) is 20.7. The molecule has 3 aromatic carbocycles. The SMILES string of the molecule is COc1ccc([C@H]2c3sc(=O)n(CC(=O)Nc4ccc(F)cc4)c3SC3C(=O)N(c4ccc(F)cc4)C(=O)C32)cc1OC. The second kappa shape index (κ2) is 11.3. The number of halogens is 2. The number of nitrogens with zero attached hydrogens (tertiary/aromatic N) is 2. The quantitative estimate of drug-likeness (QED) is 0.299. The smallest absolute Gasteiger partial charge is 0.308 e. The Hall–Kier alpha value is -4.49. The van der Waals surface area contributed by atoms with Crippen LogP contribution >= 0.6 is 23.1 Å². The number of thiazole rings is 1. The van der Waals surface area contributed by atoms with E-state index in [1.165, 1.54) is 67.3 Å². The number of aromatic nitrogens is 1. The molecule has 0 saturated carbocycles. The summed E-state index contributed by atoms with van der Waals surface area (Å²) in [4.78, 5) is 55.2. The molecule has 2 aliphatic rings. The van der Waals surface area contributed by atoms with Crippen molar-refractivity contribution in [2.24, 2.45) is 5.92 Å². The Kier molecular flexibility index (Phi) is 7.52. The molecule has 43 heavy (non-hydrogen) atoms. The molecule has 2 aliphatic heterocycles. The van der Waals surface area contributed by atoms with E-state index in [4.69, 9.17) is 9.47 Å². The number of amides is 3. The minimum Gasteiger partial charge on any atom is -0.493 e. The van der Waals surface area contributed by atoms with Gasteiger partial charge in [-0.15, -0.1) is 0 Å². The van der Waals surface area contributed by atoms with Crippen molar-refractivity contribution in [3.63, 3.8) is 0 Å². The van der Waals surface area contributed by atoms with Crippen LogP contribution in [0.2, 0.25) is 0 Å². The minimum atomic E-state index is -0.927. The van der Waals surface area contributed by atoms with Crippen molar-refractivity contribution in [3.05, 3.63) is 98.5 Å². The lowest BCUT2D eigenvalue weighted by molar-refractivity contribution is -0.122. The van der Waals surface area contributed by atoms with E-state index in [-0.39, 0.29) is 12.2 Å². The zero-order chi connectivity index (χ0) is 30.4. The lowest BCUT2D eigenvalue weighted by Gasteiger charge is -2.31. The largest absolute Gasteiger partial charge is 0.493 e. The van der Waals surface area contributed by atoms with Gasteiger partial charge in [-0.2, -0.15) is 0 Å². The highest BCUT2D eigenvalue weighted by Crippen LogP contribution is 2.54. The first-order valence-corrected chi connectivity index (χ1v) is 14.7. The van der Waals surface area contributed by atoms with Crippen LogP contribution in [0.3, 0.4) is 0 Å². The van der Waals surface area contributed by atoms with Crippen LogP contribution in [0.5, 0.6) is 11.5 Å². The van der Waals surface area contributed by atoms with Crippen molar-refractivity contribution in [2.75, 3.05) is 24.4 Å². The molecule has 6 rings (SSSR count). The third-order valence-electron chi connectivity index (χ3n) is 7.33. The summed E-state index contributed by atoms with van der Waals surface area (Å²) in [5.74, 6) is -3.27. The monoisotopic (exact) mass is 623 g/mol. The van der Waals surface area contributed by atoms with Gasteiger partial charge < -0.3 is 14.8 Å². The average molecular weight is 624 g/mol. The van der Waals surface area contributed by atoms with Gasteiger partial charge in [0.2, 0.25) is 17.7 Å². The zero-order valence-electron chi connectivity index (χ0n) is 22.7. The molecule has 220 valence electrons. The van der Waals surface area contributed by atoms with E-state index in [1.54, 1.807) is 18.2 Å². The summed E-state index contributed by atoms with van der Waals surface area (Å²) in [5, 5.41) is 2.12. The van der Waals surface area contributed by atoms with Crippen LogP contribution in [0.1, 0.15) is 16.4 Å². The maximum atomic E-state index is 14.0. The Balaban J connectivity index is 1.43. The van der Waals surface area contributed by atoms with E-state index in [9.17, 15) is 28.0 Å². The Bertz CT molecular complexity index is 1810.